The molecule has 0 aromatic heterocycles. The summed E-state index contributed by atoms with van der Waals surface area (Å²) in [6.45, 7) is 0. The van der Waals surface area contributed by atoms with Gasteiger partial charge in [0.2, 0.25) is 5.75 Å². The molecule has 0 saturated carbocycles. The van der Waals surface area contributed by atoms with Crippen molar-refractivity contribution in [3.63, 3.8) is 0 Å². The van der Waals surface area contributed by atoms with Crippen LogP contribution in [0.1, 0.15) is 16.7 Å². The summed E-state index contributed by atoms with van der Waals surface area (Å²) in [4.78, 5) is 29.7. The highest BCUT2D eigenvalue weighted by atomic mass is 35.5. The molecule has 394 valence electrons. The number of rotatable bonds is 7. The van der Waals surface area contributed by atoms with Gasteiger partial charge in [-0.25, -0.2) is 0 Å². The lowest BCUT2D eigenvalue weighted by molar-refractivity contribution is -0.385. The van der Waals surface area contributed by atoms with Gasteiger partial charge in [-0.15, -0.1) is 12.4 Å². The monoisotopic (exact) mass is 1230 g/mol. The average Bonchev–Trinajstić information content (AvgIpc) is 3.35. The maximum absolute atomic E-state index is 11.0. The molecule has 77 heavy (non-hydrogen) atoms. The van der Waals surface area contributed by atoms with E-state index in [1.165, 1.54) is 72.8 Å². The number of phenolic OH excluding ortho intramolecular Hbond substituents is 1. The number of nitro groups is 3. The van der Waals surface area contributed by atoms with Crippen molar-refractivity contribution in [2.75, 3.05) is 5.73 Å². The molecule has 16 nitrogen and oxygen atoms in total. The molecule has 8 aromatic rings. The van der Waals surface area contributed by atoms with Crippen LogP contribution in [-0.4, -0.2) is 19.9 Å². The van der Waals surface area contributed by atoms with Crippen molar-refractivity contribution in [3.05, 3.63) is 256 Å². The van der Waals surface area contributed by atoms with E-state index in [1.807, 2.05) is 48.5 Å². The van der Waals surface area contributed by atoms with Gasteiger partial charge >= 0.3 is 5.69 Å². The Hall–Kier alpha value is -7.47. The molecular formula is C51H31Cl10N7O9. The maximum Gasteiger partial charge on any atom is 0.312 e. The quantitative estimate of drug-likeness (QED) is 0.0855. The minimum absolute atomic E-state index is 0. The molecule has 0 spiro atoms. The Morgan fingerprint density at radius 1 is 0.429 bits per heavy atom. The summed E-state index contributed by atoms with van der Waals surface area (Å²) in [5.74, 6) is 1.31. The summed E-state index contributed by atoms with van der Waals surface area (Å²) in [6.07, 6.45) is 0. The van der Waals surface area contributed by atoms with Crippen molar-refractivity contribution < 1.29 is 29.4 Å². The van der Waals surface area contributed by atoms with Crippen LogP contribution in [0.15, 0.2) is 164 Å². The fourth-order valence-corrected chi connectivity index (χ4v) is 7.47. The Balaban J connectivity index is 0.000000327. The lowest BCUT2D eigenvalue weighted by Gasteiger charge is -2.09. The number of non-ortho nitro benzene ring substituents is 1. The second kappa shape index (κ2) is 33.5. The largest absolute Gasteiger partial charge is 0.508 e. The van der Waals surface area contributed by atoms with Crippen molar-refractivity contribution >= 4 is 140 Å². The van der Waals surface area contributed by atoms with Crippen LogP contribution in [0.4, 0.5) is 22.7 Å². The smallest absolute Gasteiger partial charge is 0.312 e. The first-order chi connectivity index (χ1) is 36.0. The van der Waals surface area contributed by atoms with Gasteiger partial charge in [-0.2, -0.15) is 15.8 Å². The number of anilines is 1. The van der Waals surface area contributed by atoms with Crippen LogP contribution in [0.5, 0.6) is 28.7 Å². The van der Waals surface area contributed by atoms with Crippen LogP contribution in [-0.2, 0) is 0 Å². The predicted molar refractivity (Wildman–Crippen MR) is 304 cm³/mol. The van der Waals surface area contributed by atoms with Crippen LogP contribution in [0.2, 0.25) is 45.2 Å². The predicted octanol–water partition coefficient (Wildman–Crippen LogP) is 18.6. The molecule has 26 heteroatoms. The van der Waals surface area contributed by atoms with Gasteiger partial charge in [0, 0.05) is 64.4 Å². The highest BCUT2D eigenvalue weighted by Crippen LogP contribution is 2.35. The lowest BCUT2D eigenvalue weighted by Crippen LogP contribution is -1.94. The van der Waals surface area contributed by atoms with Gasteiger partial charge in [0.1, 0.15) is 28.0 Å². The standard InChI is InChI=1S/C13H6Cl2N2O3.C13H8Cl2N2O.C7H3ClN2O2.C6H3Cl2NO2.C6H4Cl2O.C6H6.ClH/c14-9-4-10(15)6-11(5-9)20-13-2-1-8(7-16)3-12(13)17(18)19;14-9-4-10(15)6-11(5-9)18-13-2-1-8(7-16)3-12(13)17;8-6-2-1-5(4-9)3-7(6)10(11)12;7-4-1-5(8)3-6(2-4)9(10)11;7-4-1-5(8)3-6(9)2-4;1-2-4-6-5-3-1;/h1-6H;1-6H,17H2;1-3H;1-3H;1-3,9H;1-6H;1H. The number of nitrogens with two attached hydrogens (primary N) is 1. The van der Waals surface area contributed by atoms with Gasteiger partial charge in [0.25, 0.3) is 11.4 Å². The molecule has 0 aliphatic heterocycles. The number of nitrogens with zero attached hydrogens (tertiary/aromatic N) is 6. The molecule has 0 saturated heterocycles. The Morgan fingerprint density at radius 2 is 0.753 bits per heavy atom. The second-order valence-electron chi connectivity index (χ2n) is 14.0. The number of nitrogen functional groups attached to an aromatic ring is 1. The van der Waals surface area contributed by atoms with E-state index in [-0.39, 0.29) is 72.9 Å². The van der Waals surface area contributed by atoms with Crippen molar-refractivity contribution in [2.45, 2.75) is 0 Å². The van der Waals surface area contributed by atoms with Crippen molar-refractivity contribution in [3.8, 4) is 47.0 Å². The van der Waals surface area contributed by atoms with E-state index in [1.54, 1.807) is 48.5 Å². The summed E-state index contributed by atoms with van der Waals surface area (Å²) >= 11 is 50.9. The zero-order valence-corrected chi connectivity index (χ0v) is 46.0. The topological polar surface area (TPSA) is 265 Å². The summed E-state index contributed by atoms with van der Waals surface area (Å²) in [5.41, 5.74) is 6.40. The lowest BCUT2D eigenvalue weighted by atomic mass is 10.2. The third-order valence-electron chi connectivity index (χ3n) is 8.40. The number of hydrogen-bond donors (Lipinski definition) is 2. The zero-order valence-electron chi connectivity index (χ0n) is 38.4. The molecule has 0 heterocycles. The van der Waals surface area contributed by atoms with Crippen molar-refractivity contribution in [2.24, 2.45) is 0 Å². The minimum atomic E-state index is -0.623. The molecule has 0 radical (unpaired) electrons. The van der Waals surface area contributed by atoms with E-state index in [9.17, 15) is 30.3 Å². The Bertz CT molecular complexity index is 3330. The van der Waals surface area contributed by atoms with Crippen molar-refractivity contribution in [1.82, 2.24) is 0 Å². The Labute approximate surface area is 489 Å². The van der Waals surface area contributed by atoms with Crippen LogP contribution < -0.4 is 15.2 Å². The SMILES string of the molecule is Cl.N#Cc1ccc(Cl)c([N+](=O)[O-])c1.N#Cc1ccc(Oc2cc(Cl)cc(Cl)c2)c(N)c1.N#Cc1ccc(Oc2cc(Cl)cc(Cl)c2)c([N+](=O)[O-])c1.O=[N+]([O-])c1cc(Cl)cc(Cl)c1.Oc1cc(Cl)cc(Cl)c1.c1ccccc1. The number of hydrogen-bond acceptors (Lipinski definition) is 13. The van der Waals surface area contributed by atoms with Gasteiger partial charge in [0.05, 0.1) is 55.4 Å². The van der Waals surface area contributed by atoms with E-state index in [0.29, 0.717) is 52.9 Å². The normalized spacial score (nSPS) is 9.38. The summed E-state index contributed by atoms with van der Waals surface area (Å²) in [6, 6.07) is 47.9. The molecule has 8 aromatic carbocycles. The fourth-order valence-electron chi connectivity index (χ4n) is 5.25. The first kappa shape index (κ1) is 65.6. The minimum Gasteiger partial charge on any atom is -0.508 e. The maximum atomic E-state index is 11.0. The van der Waals surface area contributed by atoms with Gasteiger partial charge < -0.3 is 20.3 Å². The zero-order chi connectivity index (χ0) is 56.5. The van der Waals surface area contributed by atoms with E-state index in [4.69, 9.17) is 141 Å². The first-order valence-corrected chi connectivity index (χ1v) is 23.8. The second-order valence-corrected chi connectivity index (χ2v) is 17.9. The van der Waals surface area contributed by atoms with E-state index in [2.05, 4.69) is 0 Å². The number of nitro benzene ring substituents is 3. The molecule has 0 aliphatic carbocycles. The Morgan fingerprint density at radius 3 is 1.10 bits per heavy atom. The van der Waals surface area contributed by atoms with E-state index in [0.717, 1.165) is 12.1 Å². The molecule has 3 N–H and O–H groups in total. The number of ether oxygens (including phenoxy) is 2. The highest BCUT2D eigenvalue weighted by Gasteiger charge is 2.18. The number of phenols is 1. The van der Waals surface area contributed by atoms with Gasteiger partial charge in [-0.1, -0.05) is 141 Å². The van der Waals surface area contributed by atoms with Crippen LogP contribution in [0.25, 0.3) is 0 Å². The molecule has 0 aliphatic rings. The van der Waals surface area contributed by atoms with Gasteiger partial charge in [-0.05, 0) is 103 Å². The summed E-state index contributed by atoms with van der Waals surface area (Å²) in [5, 5.41) is 69.3. The Kier molecular flexibility index (Phi) is 28.6. The average molecular weight is 1240 g/mol. The molecular weight excluding hydrogens is 1210 g/mol. The van der Waals surface area contributed by atoms with Crippen molar-refractivity contribution in [1.29, 1.82) is 15.8 Å². The molecule has 0 fully saturated rings. The van der Waals surface area contributed by atoms with Gasteiger partial charge in [-0.3, -0.25) is 30.3 Å². The number of benzene rings is 8. The fraction of sp³-hybridized carbons (Fsp3) is 0. The number of nitriles is 3. The third kappa shape index (κ3) is 24.4. The number of halogens is 10. The molecule has 0 bridgehead atoms. The first-order valence-electron chi connectivity index (χ1n) is 20.4. The molecule has 0 atom stereocenters. The highest BCUT2D eigenvalue weighted by molar-refractivity contribution is 6.36. The third-order valence-corrected chi connectivity index (χ3v) is 10.5. The molecule has 0 unspecified atom stereocenters. The number of aromatic hydroxyl groups is 1. The molecule has 8 rings (SSSR count). The summed E-state index contributed by atoms with van der Waals surface area (Å²) in [7, 11) is 0. The van der Waals surface area contributed by atoms with Crippen LogP contribution in [0, 0.1) is 64.3 Å². The summed E-state index contributed by atoms with van der Waals surface area (Å²) < 4.78 is 11.0. The van der Waals surface area contributed by atoms with E-state index < -0.39 is 14.8 Å². The molecule has 0 amide bonds. The van der Waals surface area contributed by atoms with Crippen LogP contribution in [0.3, 0.4) is 0 Å². The van der Waals surface area contributed by atoms with Crippen LogP contribution >= 0.6 is 117 Å². The van der Waals surface area contributed by atoms with E-state index >= 15 is 0 Å². The van der Waals surface area contributed by atoms with Gasteiger partial charge in [0.15, 0.2) is 0 Å².